The summed E-state index contributed by atoms with van der Waals surface area (Å²) >= 11 is 5.86. The summed E-state index contributed by atoms with van der Waals surface area (Å²) in [6.45, 7) is 6.23. The van der Waals surface area contributed by atoms with Crippen molar-refractivity contribution in [2.24, 2.45) is 5.92 Å². The molecule has 0 amide bonds. The van der Waals surface area contributed by atoms with Gasteiger partial charge in [-0.2, -0.15) is 0 Å². The minimum absolute atomic E-state index is 0.204. The molecule has 0 fully saturated rings. The Bertz CT molecular complexity index is 136. The zero-order valence-corrected chi connectivity index (χ0v) is 8.73. The van der Waals surface area contributed by atoms with Crippen LogP contribution in [0, 0.1) is 5.92 Å². The zero-order valence-electron chi connectivity index (χ0n) is 7.97. The second-order valence-electron chi connectivity index (χ2n) is 2.92. The number of hydrogen-bond donors (Lipinski definition) is 0. The summed E-state index contributed by atoms with van der Waals surface area (Å²) < 4.78 is 4.80. The minimum Gasteiger partial charge on any atom is -0.465 e. The summed E-state index contributed by atoms with van der Waals surface area (Å²) in [4.78, 5) is 11.1. The summed E-state index contributed by atoms with van der Waals surface area (Å²) in [7, 11) is 0. The molecular formula is C9H17ClO2. The third-order valence-corrected chi connectivity index (χ3v) is 2.36. The van der Waals surface area contributed by atoms with Crippen LogP contribution < -0.4 is 0 Å². The van der Waals surface area contributed by atoms with Gasteiger partial charge >= 0.3 is 5.97 Å². The molecular weight excluding hydrogens is 176 g/mol. The van der Waals surface area contributed by atoms with Crippen LogP contribution in [0.3, 0.4) is 0 Å². The number of alkyl halides is 1. The van der Waals surface area contributed by atoms with E-state index in [1.165, 1.54) is 0 Å². The summed E-state index contributed by atoms with van der Waals surface area (Å²) in [5, 5.41) is -0.482. The van der Waals surface area contributed by atoms with Crippen molar-refractivity contribution in [3.05, 3.63) is 0 Å². The Balaban J connectivity index is 3.82. The molecule has 72 valence electrons. The van der Waals surface area contributed by atoms with E-state index in [-0.39, 0.29) is 11.9 Å². The molecule has 2 nitrogen and oxygen atoms in total. The van der Waals surface area contributed by atoms with E-state index in [9.17, 15) is 4.79 Å². The first-order valence-electron chi connectivity index (χ1n) is 4.44. The zero-order chi connectivity index (χ0) is 9.56. The van der Waals surface area contributed by atoms with Gasteiger partial charge in [-0.15, -0.1) is 11.6 Å². The normalized spacial score (nSPS) is 15.3. The van der Waals surface area contributed by atoms with Crippen LogP contribution in [-0.4, -0.2) is 18.0 Å². The molecule has 3 heteroatoms. The lowest BCUT2D eigenvalue weighted by atomic mass is 10.0. The molecule has 0 spiro atoms. The van der Waals surface area contributed by atoms with Crippen LogP contribution in [0.15, 0.2) is 0 Å². The van der Waals surface area contributed by atoms with Gasteiger partial charge in [0.2, 0.25) is 0 Å². The van der Waals surface area contributed by atoms with Crippen LogP contribution in [0.1, 0.15) is 33.6 Å². The van der Waals surface area contributed by atoms with Crippen molar-refractivity contribution >= 4 is 17.6 Å². The molecule has 0 rings (SSSR count). The molecule has 0 saturated carbocycles. The van der Waals surface area contributed by atoms with E-state index in [1.54, 1.807) is 6.92 Å². The molecule has 0 aliphatic carbocycles. The van der Waals surface area contributed by atoms with E-state index in [1.807, 2.05) is 6.92 Å². The molecule has 0 saturated heterocycles. The highest BCUT2D eigenvalue weighted by molar-refractivity contribution is 6.30. The van der Waals surface area contributed by atoms with Crippen molar-refractivity contribution in [1.29, 1.82) is 0 Å². The Morgan fingerprint density at radius 3 is 2.50 bits per heavy atom. The first kappa shape index (κ1) is 11.8. The van der Waals surface area contributed by atoms with Crippen molar-refractivity contribution in [1.82, 2.24) is 0 Å². The molecule has 0 N–H and O–H groups in total. The minimum atomic E-state index is -0.482. The lowest BCUT2D eigenvalue weighted by molar-refractivity contribution is -0.143. The number of esters is 1. The van der Waals surface area contributed by atoms with Crippen molar-refractivity contribution in [2.45, 2.75) is 39.0 Å². The molecule has 0 aromatic rings. The van der Waals surface area contributed by atoms with Crippen LogP contribution in [-0.2, 0) is 9.53 Å². The Morgan fingerprint density at radius 2 is 2.08 bits per heavy atom. The average molecular weight is 193 g/mol. The quantitative estimate of drug-likeness (QED) is 0.495. The second kappa shape index (κ2) is 6.30. The Hall–Kier alpha value is -0.240. The Kier molecular flexibility index (Phi) is 6.17. The summed E-state index contributed by atoms with van der Waals surface area (Å²) in [6, 6.07) is 0. The average Bonchev–Trinajstić information content (AvgIpc) is 2.04. The molecule has 2 unspecified atom stereocenters. The molecule has 0 bridgehead atoms. The maximum atomic E-state index is 11.1. The van der Waals surface area contributed by atoms with E-state index in [0.29, 0.717) is 6.61 Å². The monoisotopic (exact) mass is 192 g/mol. The Labute approximate surface area is 79.2 Å². The highest BCUT2D eigenvalue weighted by atomic mass is 35.5. The number of rotatable bonds is 5. The predicted molar refractivity (Wildman–Crippen MR) is 50.3 cm³/mol. The van der Waals surface area contributed by atoms with Gasteiger partial charge in [0.1, 0.15) is 5.38 Å². The smallest absolute Gasteiger partial charge is 0.324 e. The highest BCUT2D eigenvalue weighted by Crippen LogP contribution is 2.17. The summed E-state index contributed by atoms with van der Waals surface area (Å²) in [5.74, 6) is -0.0872. The van der Waals surface area contributed by atoms with Gasteiger partial charge in [-0.05, 0) is 19.3 Å². The fourth-order valence-corrected chi connectivity index (χ4v) is 1.24. The van der Waals surface area contributed by atoms with E-state index < -0.39 is 5.38 Å². The number of ether oxygens (including phenoxy) is 1. The summed E-state index contributed by atoms with van der Waals surface area (Å²) in [5.41, 5.74) is 0. The van der Waals surface area contributed by atoms with Crippen LogP contribution in [0.4, 0.5) is 0 Å². The number of carbonyl (C=O) groups excluding carboxylic acids is 1. The fraction of sp³-hybridized carbons (Fsp3) is 0.889. The standard InChI is InChI=1S/C9H17ClO2/c1-4-6-7(3)8(10)9(11)12-5-2/h7-8H,4-6H2,1-3H3. The van der Waals surface area contributed by atoms with E-state index in [2.05, 4.69) is 6.92 Å². The molecule has 0 aliphatic heterocycles. The van der Waals surface area contributed by atoms with Crippen molar-refractivity contribution in [2.75, 3.05) is 6.61 Å². The predicted octanol–water partition coefficient (Wildman–Crippen LogP) is 2.59. The third-order valence-electron chi connectivity index (χ3n) is 1.76. The number of hydrogen-bond acceptors (Lipinski definition) is 2. The van der Waals surface area contributed by atoms with E-state index in [0.717, 1.165) is 12.8 Å². The van der Waals surface area contributed by atoms with E-state index >= 15 is 0 Å². The molecule has 0 radical (unpaired) electrons. The SMILES string of the molecule is CCCC(C)C(Cl)C(=O)OCC. The van der Waals surface area contributed by atoms with Gasteiger partial charge < -0.3 is 4.74 Å². The molecule has 2 atom stereocenters. The van der Waals surface area contributed by atoms with Crippen LogP contribution in [0.2, 0.25) is 0 Å². The number of carbonyl (C=O) groups is 1. The van der Waals surface area contributed by atoms with Crippen LogP contribution >= 0.6 is 11.6 Å². The summed E-state index contributed by atoms with van der Waals surface area (Å²) in [6.07, 6.45) is 2.01. The fourth-order valence-electron chi connectivity index (χ4n) is 1.06. The van der Waals surface area contributed by atoms with Gasteiger partial charge in [0, 0.05) is 0 Å². The molecule has 0 aromatic carbocycles. The molecule has 0 heterocycles. The van der Waals surface area contributed by atoms with Crippen LogP contribution in [0.25, 0.3) is 0 Å². The lowest BCUT2D eigenvalue weighted by Crippen LogP contribution is -2.24. The largest absolute Gasteiger partial charge is 0.465 e. The topological polar surface area (TPSA) is 26.3 Å². The number of halogens is 1. The van der Waals surface area contributed by atoms with Gasteiger partial charge in [-0.25, -0.2) is 0 Å². The van der Waals surface area contributed by atoms with Crippen LogP contribution in [0.5, 0.6) is 0 Å². The molecule has 12 heavy (non-hydrogen) atoms. The van der Waals surface area contributed by atoms with Gasteiger partial charge in [0.25, 0.3) is 0 Å². The van der Waals surface area contributed by atoms with Crippen molar-refractivity contribution < 1.29 is 9.53 Å². The van der Waals surface area contributed by atoms with Gasteiger partial charge in [0.05, 0.1) is 6.61 Å². The van der Waals surface area contributed by atoms with Gasteiger partial charge in [0.15, 0.2) is 0 Å². The maximum absolute atomic E-state index is 11.1. The lowest BCUT2D eigenvalue weighted by Gasteiger charge is -2.15. The third kappa shape index (κ3) is 3.96. The molecule has 0 aromatic heterocycles. The van der Waals surface area contributed by atoms with Gasteiger partial charge in [-0.1, -0.05) is 20.3 Å². The van der Waals surface area contributed by atoms with Gasteiger partial charge in [-0.3, -0.25) is 4.79 Å². The Morgan fingerprint density at radius 1 is 1.50 bits per heavy atom. The van der Waals surface area contributed by atoms with Crippen molar-refractivity contribution in [3.8, 4) is 0 Å². The first-order chi connectivity index (χ1) is 5.63. The first-order valence-corrected chi connectivity index (χ1v) is 4.87. The maximum Gasteiger partial charge on any atom is 0.324 e. The second-order valence-corrected chi connectivity index (χ2v) is 3.39. The molecule has 0 aliphatic rings. The highest BCUT2D eigenvalue weighted by Gasteiger charge is 2.22. The van der Waals surface area contributed by atoms with Crippen molar-refractivity contribution in [3.63, 3.8) is 0 Å². The van der Waals surface area contributed by atoms with E-state index in [4.69, 9.17) is 16.3 Å².